The van der Waals surface area contributed by atoms with Crippen LogP contribution in [0.2, 0.25) is 0 Å². The summed E-state index contributed by atoms with van der Waals surface area (Å²) in [4.78, 5) is 26.6. The lowest BCUT2D eigenvalue weighted by molar-refractivity contribution is -0.138. The van der Waals surface area contributed by atoms with E-state index in [1.54, 1.807) is 0 Å². The van der Waals surface area contributed by atoms with Crippen molar-refractivity contribution in [3.8, 4) is 0 Å². The van der Waals surface area contributed by atoms with E-state index in [0.717, 1.165) is 38.6 Å². The molecule has 0 unspecified atom stereocenters. The van der Waals surface area contributed by atoms with E-state index in [2.05, 4.69) is 12.2 Å². The molecule has 0 atom stereocenters. The maximum atomic E-state index is 12.8. The molecule has 21 heavy (non-hydrogen) atoms. The molecule has 0 aromatic rings. The summed E-state index contributed by atoms with van der Waals surface area (Å²) in [5.41, 5.74) is -0.560. The van der Waals surface area contributed by atoms with Crippen LogP contribution in [-0.2, 0) is 9.59 Å². The lowest BCUT2D eigenvalue weighted by Gasteiger charge is -2.31. The average molecular weight is 294 g/mol. The van der Waals surface area contributed by atoms with Crippen molar-refractivity contribution >= 4 is 11.8 Å². The Morgan fingerprint density at radius 3 is 2.43 bits per heavy atom. The van der Waals surface area contributed by atoms with Crippen molar-refractivity contribution in [3.63, 3.8) is 0 Å². The maximum Gasteiger partial charge on any atom is 0.248 e. The van der Waals surface area contributed by atoms with Crippen LogP contribution in [-0.4, -0.2) is 35.3 Å². The third kappa shape index (κ3) is 4.21. The Bertz CT molecular complexity index is 362. The van der Waals surface area contributed by atoms with Crippen molar-refractivity contribution in [1.82, 2.24) is 10.2 Å². The van der Waals surface area contributed by atoms with Crippen molar-refractivity contribution in [2.75, 3.05) is 13.1 Å². The first-order valence-electron chi connectivity index (χ1n) is 8.78. The minimum Gasteiger partial charge on any atom is -0.342 e. The summed E-state index contributed by atoms with van der Waals surface area (Å²) >= 11 is 0. The third-order valence-corrected chi connectivity index (χ3v) is 4.92. The molecule has 2 aliphatic rings. The standard InChI is InChI=1S/C17H30N2O2/c1-2-3-4-5-6-9-13-19-14-10-15(20)18-17(16(19)21)11-7-8-12-17/h2-14H2,1H3,(H,18,20). The molecule has 0 aromatic heterocycles. The zero-order valence-electron chi connectivity index (χ0n) is 13.5. The number of amides is 2. The van der Waals surface area contributed by atoms with Gasteiger partial charge in [0.05, 0.1) is 0 Å². The van der Waals surface area contributed by atoms with Gasteiger partial charge in [-0.05, 0) is 19.3 Å². The molecule has 1 N–H and O–H groups in total. The molecule has 1 saturated heterocycles. The van der Waals surface area contributed by atoms with Gasteiger partial charge < -0.3 is 10.2 Å². The number of nitrogens with one attached hydrogen (secondary N) is 1. The molecular formula is C17H30N2O2. The zero-order valence-corrected chi connectivity index (χ0v) is 13.5. The fourth-order valence-electron chi connectivity index (χ4n) is 3.64. The Labute approximate surface area is 128 Å². The molecule has 2 rings (SSSR count). The Morgan fingerprint density at radius 1 is 1.05 bits per heavy atom. The summed E-state index contributed by atoms with van der Waals surface area (Å²) in [6, 6.07) is 0. The fraction of sp³-hybridized carbons (Fsp3) is 0.882. The minimum absolute atomic E-state index is 0.0516. The third-order valence-electron chi connectivity index (χ3n) is 4.92. The number of carbonyl (C=O) groups is 2. The van der Waals surface area contributed by atoms with E-state index in [9.17, 15) is 9.59 Å². The molecule has 0 bridgehead atoms. The number of hydrogen-bond donors (Lipinski definition) is 1. The summed E-state index contributed by atoms with van der Waals surface area (Å²) in [5, 5.41) is 3.02. The molecule has 1 aliphatic heterocycles. The van der Waals surface area contributed by atoms with Crippen molar-refractivity contribution in [3.05, 3.63) is 0 Å². The number of nitrogens with zero attached hydrogens (tertiary/aromatic N) is 1. The zero-order chi connectivity index (χ0) is 15.1. The number of unbranched alkanes of at least 4 members (excludes halogenated alkanes) is 5. The van der Waals surface area contributed by atoms with E-state index in [1.807, 2.05) is 4.90 Å². The SMILES string of the molecule is CCCCCCCCN1CCC(=O)NC2(CCCC2)C1=O. The molecule has 1 saturated carbocycles. The van der Waals surface area contributed by atoms with Crippen LogP contribution in [0.3, 0.4) is 0 Å². The first-order chi connectivity index (χ1) is 10.2. The van der Waals surface area contributed by atoms with E-state index < -0.39 is 5.54 Å². The fourth-order valence-corrected chi connectivity index (χ4v) is 3.64. The topological polar surface area (TPSA) is 49.4 Å². The second-order valence-electron chi connectivity index (χ2n) is 6.65. The summed E-state index contributed by atoms with van der Waals surface area (Å²) in [7, 11) is 0. The Hall–Kier alpha value is -1.06. The van der Waals surface area contributed by atoms with Crippen LogP contribution in [0, 0.1) is 0 Å². The normalized spacial score (nSPS) is 21.7. The molecule has 4 heteroatoms. The Morgan fingerprint density at radius 2 is 1.71 bits per heavy atom. The van der Waals surface area contributed by atoms with Gasteiger partial charge in [-0.2, -0.15) is 0 Å². The maximum absolute atomic E-state index is 12.8. The lowest BCUT2D eigenvalue weighted by atomic mass is 9.95. The highest BCUT2D eigenvalue weighted by Crippen LogP contribution is 2.33. The van der Waals surface area contributed by atoms with Gasteiger partial charge in [-0.25, -0.2) is 0 Å². The van der Waals surface area contributed by atoms with Gasteiger partial charge in [-0.1, -0.05) is 51.9 Å². The van der Waals surface area contributed by atoms with Gasteiger partial charge in [0.1, 0.15) is 5.54 Å². The quantitative estimate of drug-likeness (QED) is 0.734. The Balaban J connectivity index is 1.83. The minimum atomic E-state index is -0.560. The van der Waals surface area contributed by atoms with Crippen molar-refractivity contribution < 1.29 is 9.59 Å². The van der Waals surface area contributed by atoms with E-state index in [1.165, 1.54) is 32.1 Å². The average Bonchev–Trinajstić information content (AvgIpc) is 2.90. The van der Waals surface area contributed by atoms with E-state index >= 15 is 0 Å². The molecule has 1 heterocycles. The lowest BCUT2D eigenvalue weighted by Crippen LogP contribution is -2.55. The van der Waals surface area contributed by atoms with Crippen LogP contribution in [0.1, 0.15) is 77.6 Å². The highest BCUT2D eigenvalue weighted by molar-refractivity contribution is 5.93. The van der Waals surface area contributed by atoms with Gasteiger partial charge in [-0.15, -0.1) is 0 Å². The number of rotatable bonds is 7. The Kier molecular flexibility index (Phi) is 6.07. The summed E-state index contributed by atoms with van der Waals surface area (Å²) in [6.07, 6.45) is 11.6. The highest BCUT2D eigenvalue weighted by Gasteiger charge is 2.46. The van der Waals surface area contributed by atoms with Crippen molar-refractivity contribution in [2.45, 2.75) is 83.1 Å². The predicted molar refractivity (Wildman–Crippen MR) is 83.9 cm³/mol. The number of hydrogen-bond acceptors (Lipinski definition) is 2. The van der Waals surface area contributed by atoms with E-state index in [0.29, 0.717) is 13.0 Å². The molecule has 4 nitrogen and oxygen atoms in total. The molecule has 1 spiro atoms. The molecule has 120 valence electrons. The van der Waals surface area contributed by atoms with Crippen molar-refractivity contribution in [2.24, 2.45) is 0 Å². The van der Waals surface area contributed by atoms with Gasteiger partial charge in [0.2, 0.25) is 11.8 Å². The van der Waals surface area contributed by atoms with Crippen LogP contribution in [0.25, 0.3) is 0 Å². The molecule has 1 aliphatic carbocycles. The number of carbonyl (C=O) groups excluding carboxylic acids is 2. The van der Waals surface area contributed by atoms with Crippen molar-refractivity contribution in [1.29, 1.82) is 0 Å². The molecule has 0 radical (unpaired) electrons. The van der Waals surface area contributed by atoms with Gasteiger partial charge in [0.15, 0.2) is 0 Å². The summed E-state index contributed by atoms with van der Waals surface area (Å²) in [6.45, 7) is 3.64. The van der Waals surface area contributed by atoms with Crippen LogP contribution in [0.4, 0.5) is 0 Å². The first-order valence-corrected chi connectivity index (χ1v) is 8.78. The monoisotopic (exact) mass is 294 g/mol. The van der Waals surface area contributed by atoms with E-state index in [4.69, 9.17) is 0 Å². The molecule has 0 aromatic carbocycles. The highest BCUT2D eigenvalue weighted by atomic mass is 16.2. The summed E-state index contributed by atoms with van der Waals surface area (Å²) in [5.74, 6) is 0.232. The smallest absolute Gasteiger partial charge is 0.248 e. The first kappa shape index (κ1) is 16.3. The molecular weight excluding hydrogens is 264 g/mol. The molecule has 2 fully saturated rings. The van der Waals surface area contributed by atoms with Gasteiger partial charge >= 0.3 is 0 Å². The van der Waals surface area contributed by atoms with Gasteiger partial charge in [-0.3, -0.25) is 9.59 Å². The second kappa shape index (κ2) is 7.81. The van der Waals surface area contributed by atoms with Crippen LogP contribution < -0.4 is 5.32 Å². The molecule has 2 amide bonds. The van der Waals surface area contributed by atoms with Gasteiger partial charge in [0.25, 0.3) is 0 Å². The predicted octanol–water partition coefficient (Wildman–Crippen LogP) is 3.01. The largest absolute Gasteiger partial charge is 0.342 e. The van der Waals surface area contributed by atoms with Gasteiger partial charge in [0, 0.05) is 19.5 Å². The van der Waals surface area contributed by atoms with E-state index in [-0.39, 0.29) is 11.8 Å². The van der Waals surface area contributed by atoms with Crippen LogP contribution >= 0.6 is 0 Å². The van der Waals surface area contributed by atoms with Crippen LogP contribution in [0.15, 0.2) is 0 Å². The summed E-state index contributed by atoms with van der Waals surface area (Å²) < 4.78 is 0. The van der Waals surface area contributed by atoms with Crippen LogP contribution in [0.5, 0.6) is 0 Å². The second-order valence-corrected chi connectivity index (χ2v) is 6.65.